The molecule has 0 saturated heterocycles. The molecule has 1 aliphatic heterocycles. The Kier molecular flexibility index (Phi) is 7.65. The average Bonchev–Trinajstić information content (AvgIpc) is 3.30. The van der Waals surface area contributed by atoms with Gasteiger partial charge in [-0.2, -0.15) is 8.78 Å². The number of amides is 1. The number of nitrogens with zero attached hydrogens (tertiary/aromatic N) is 4. The van der Waals surface area contributed by atoms with E-state index in [4.69, 9.17) is 0 Å². The molecule has 0 bridgehead atoms. The van der Waals surface area contributed by atoms with Crippen molar-refractivity contribution >= 4 is 33.0 Å². The molecule has 2 aliphatic rings. The highest BCUT2D eigenvalue weighted by molar-refractivity contribution is 7.17. The van der Waals surface area contributed by atoms with E-state index in [9.17, 15) is 13.6 Å². The van der Waals surface area contributed by atoms with Crippen LogP contribution < -0.4 is 15.5 Å². The fourth-order valence-electron chi connectivity index (χ4n) is 4.52. The maximum atomic E-state index is 13.7. The van der Waals surface area contributed by atoms with Crippen molar-refractivity contribution in [2.75, 3.05) is 11.9 Å². The summed E-state index contributed by atoms with van der Waals surface area (Å²) in [5.74, 6) is 1.37. The van der Waals surface area contributed by atoms with Crippen LogP contribution >= 0.6 is 9.24 Å². The Balaban J connectivity index is 1.30. The van der Waals surface area contributed by atoms with Crippen LogP contribution in [0, 0.1) is 0 Å². The third-order valence-corrected chi connectivity index (χ3v) is 6.66. The van der Waals surface area contributed by atoms with Gasteiger partial charge >= 0.3 is 5.66 Å². The minimum absolute atomic E-state index is 0.0915. The number of rotatable bonds is 8. The van der Waals surface area contributed by atoms with Crippen molar-refractivity contribution in [3.8, 4) is 0 Å². The molecule has 1 fully saturated rings. The molecule has 10 heteroatoms. The monoisotopic (exact) mass is 500 g/mol. The third-order valence-electron chi connectivity index (χ3n) is 6.36. The van der Waals surface area contributed by atoms with E-state index in [0.717, 1.165) is 43.6 Å². The number of carbonyl (C=O) groups is 1. The Morgan fingerprint density at radius 3 is 2.57 bits per heavy atom. The van der Waals surface area contributed by atoms with Crippen LogP contribution in [-0.2, 0) is 12.1 Å². The molecule has 35 heavy (non-hydrogen) atoms. The van der Waals surface area contributed by atoms with Gasteiger partial charge in [-0.15, -0.1) is 0 Å². The predicted molar refractivity (Wildman–Crippen MR) is 139 cm³/mol. The molecule has 1 aliphatic carbocycles. The van der Waals surface area contributed by atoms with Crippen LogP contribution in [-0.4, -0.2) is 40.9 Å². The van der Waals surface area contributed by atoms with Crippen molar-refractivity contribution in [1.82, 2.24) is 20.2 Å². The van der Waals surface area contributed by atoms with Crippen LogP contribution in [0.3, 0.4) is 0 Å². The van der Waals surface area contributed by atoms with Gasteiger partial charge in [0.2, 0.25) is 0 Å². The summed E-state index contributed by atoms with van der Waals surface area (Å²) >= 11 is 0. The molecule has 7 nitrogen and oxygen atoms in total. The SMILES string of the molecule is C=CN(C=NC)c1ccc(C(=O)NC2CCC(NC3=CCCc4nc(C(F)(F)P)cn43)CC2)cc1. The van der Waals surface area contributed by atoms with Crippen molar-refractivity contribution in [1.29, 1.82) is 0 Å². The van der Waals surface area contributed by atoms with E-state index in [1.807, 2.05) is 18.2 Å². The van der Waals surface area contributed by atoms with Crippen molar-refractivity contribution in [3.05, 3.63) is 66.4 Å². The molecule has 1 amide bonds. The highest BCUT2D eigenvalue weighted by Crippen LogP contribution is 2.35. The van der Waals surface area contributed by atoms with E-state index < -0.39 is 5.66 Å². The summed E-state index contributed by atoms with van der Waals surface area (Å²) in [6, 6.07) is 7.63. The van der Waals surface area contributed by atoms with E-state index in [0.29, 0.717) is 17.8 Å². The van der Waals surface area contributed by atoms with Crippen LogP contribution in [0.4, 0.5) is 14.5 Å². The summed E-state index contributed by atoms with van der Waals surface area (Å²) in [5, 5.41) is 6.65. The van der Waals surface area contributed by atoms with Crippen molar-refractivity contribution < 1.29 is 13.6 Å². The molecule has 2 heterocycles. The molecule has 1 aromatic carbocycles. The number of fused-ring (bicyclic) bond motifs is 1. The molecule has 1 atom stereocenters. The normalized spacial score (nSPS) is 20.2. The molecule has 0 spiro atoms. The van der Waals surface area contributed by atoms with Crippen LogP contribution in [0.15, 0.2) is 54.3 Å². The number of hydrogen-bond acceptors (Lipinski definition) is 4. The van der Waals surface area contributed by atoms with Gasteiger partial charge in [0.05, 0.1) is 6.34 Å². The van der Waals surface area contributed by atoms with Gasteiger partial charge in [0.1, 0.15) is 17.3 Å². The van der Waals surface area contributed by atoms with Gasteiger partial charge in [0.25, 0.3) is 5.91 Å². The van der Waals surface area contributed by atoms with Gasteiger partial charge in [-0.25, -0.2) is 4.98 Å². The molecule has 4 rings (SSSR count). The van der Waals surface area contributed by atoms with Crippen LogP contribution in [0.5, 0.6) is 0 Å². The van der Waals surface area contributed by atoms with E-state index in [1.54, 1.807) is 50.4 Å². The maximum Gasteiger partial charge on any atom is 0.301 e. The first-order chi connectivity index (χ1) is 16.8. The minimum Gasteiger partial charge on any atom is -0.369 e. The second kappa shape index (κ2) is 10.7. The van der Waals surface area contributed by atoms with Gasteiger partial charge in [-0.3, -0.25) is 14.4 Å². The second-order valence-electron chi connectivity index (χ2n) is 8.84. The maximum absolute atomic E-state index is 13.7. The third kappa shape index (κ3) is 5.96. The summed E-state index contributed by atoms with van der Waals surface area (Å²) in [5.41, 5.74) is -1.79. The van der Waals surface area contributed by atoms with E-state index >= 15 is 0 Å². The topological polar surface area (TPSA) is 74.6 Å². The lowest BCUT2D eigenvalue weighted by Crippen LogP contribution is -2.42. The number of anilines is 1. The zero-order valence-electron chi connectivity index (χ0n) is 19.8. The molecular formula is C25H31F2N6OP. The number of carbonyl (C=O) groups excluding carboxylic acids is 1. The van der Waals surface area contributed by atoms with Gasteiger partial charge in [0, 0.05) is 49.2 Å². The zero-order chi connectivity index (χ0) is 25.0. The lowest BCUT2D eigenvalue weighted by Gasteiger charge is -2.32. The Hall–Kier alpha value is -3.06. The van der Waals surface area contributed by atoms with Gasteiger partial charge in [-0.05, 0) is 62.4 Å². The first-order valence-electron chi connectivity index (χ1n) is 11.7. The molecule has 2 aromatic rings. The lowest BCUT2D eigenvalue weighted by molar-refractivity contribution is 0.0924. The van der Waals surface area contributed by atoms with Gasteiger partial charge < -0.3 is 15.5 Å². The number of imidazole rings is 1. The smallest absolute Gasteiger partial charge is 0.301 e. The van der Waals surface area contributed by atoms with Crippen LogP contribution in [0.1, 0.15) is 54.0 Å². The summed E-state index contributed by atoms with van der Waals surface area (Å²) in [6.45, 7) is 3.77. The predicted octanol–water partition coefficient (Wildman–Crippen LogP) is 4.49. The molecule has 186 valence electrons. The number of aryl methyl sites for hydroxylation is 1. The fourth-order valence-corrected chi connectivity index (χ4v) is 4.66. The van der Waals surface area contributed by atoms with E-state index in [2.05, 4.69) is 27.2 Å². The molecule has 1 saturated carbocycles. The average molecular weight is 501 g/mol. The Morgan fingerprint density at radius 2 is 1.94 bits per heavy atom. The van der Waals surface area contributed by atoms with Crippen LogP contribution in [0.25, 0.3) is 5.82 Å². The number of allylic oxidation sites excluding steroid dienone is 1. The first-order valence-corrected chi connectivity index (χ1v) is 12.3. The first kappa shape index (κ1) is 25.0. The molecular weight excluding hydrogens is 469 g/mol. The van der Waals surface area contributed by atoms with Crippen molar-refractivity contribution in [3.63, 3.8) is 0 Å². The number of aliphatic imine (C=N–C) groups is 1. The minimum atomic E-state index is -3.04. The van der Waals surface area contributed by atoms with Gasteiger partial charge in [0.15, 0.2) is 0 Å². The number of alkyl halides is 2. The highest BCUT2D eigenvalue weighted by Gasteiger charge is 2.31. The number of nitrogens with one attached hydrogen (secondary N) is 2. The fraction of sp³-hybridized carbons (Fsp3) is 0.400. The lowest BCUT2D eigenvalue weighted by atomic mass is 9.91. The molecule has 2 N–H and O–H groups in total. The Labute approximate surface area is 206 Å². The molecule has 1 aromatic heterocycles. The number of hydrogen-bond donors (Lipinski definition) is 2. The van der Waals surface area contributed by atoms with Crippen molar-refractivity contribution in [2.45, 2.75) is 56.3 Å². The quantitative estimate of drug-likeness (QED) is 0.318. The van der Waals surface area contributed by atoms with Crippen LogP contribution in [0.2, 0.25) is 0 Å². The largest absolute Gasteiger partial charge is 0.369 e. The zero-order valence-corrected chi connectivity index (χ0v) is 20.9. The number of benzene rings is 1. The number of aromatic nitrogens is 2. The molecule has 1 unspecified atom stereocenters. The highest BCUT2D eigenvalue weighted by atomic mass is 31.0. The Bertz CT molecular complexity index is 1110. The number of halogens is 2. The Morgan fingerprint density at radius 1 is 1.26 bits per heavy atom. The molecule has 0 radical (unpaired) electrons. The summed E-state index contributed by atoms with van der Waals surface area (Å²) in [6.07, 6.45) is 11.6. The summed E-state index contributed by atoms with van der Waals surface area (Å²) in [4.78, 5) is 22.6. The standard InChI is InChI=1S/C25H31F2N6OP/c1-3-32(16-28-2)20-13-7-17(8-14-20)24(34)30-19-11-9-18(10-12-19)29-22-5-4-6-23-31-21(15-33(22)23)25(26,27)35/h3,5,7-8,13-16,18-19,29H,1,4,6,9-12,35H2,2H3,(H,30,34). The van der Waals surface area contributed by atoms with E-state index in [-0.39, 0.29) is 23.7 Å². The summed E-state index contributed by atoms with van der Waals surface area (Å²) < 4.78 is 29.1. The van der Waals surface area contributed by atoms with Crippen molar-refractivity contribution in [2.24, 2.45) is 4.99 Å². The van der Waals surface area contributed by atoms with Gasteiger partial charge in [-0.1, -0.05) is 15.8 Å². The van der Waals surface area contributed by atoms with E-state index in [1.165, 1.54) is 6.20 Å². The summed E-state index contributed by atoms with van der Waals surface area (Å²) in [7, 11) is 3.24. The second-order valence-corrected chi connectivity index (χ2v) is 9.57.